The molecule has 2 aromatic carbocycles. The quantitative estimate of drug-likeness (QED) is 0.530. The predicted octanol–water partition coefficient (Wildman–Crippen LogP) is 2.01. The number of non-ortho nitro benzene ring substituents is 2. The zero-order valence-electron chi connectivity index (χ0n) is 14.8. The molecule has 0 saturated carbocycles. The molecule has 1 aliphatic rings. The fourth-order valence-corrected chi connectivity index (χ4v) is 4.48. The molecular weight excluding hydrogens is 388 g/mol. The summed E-state index contributed by atoms with van der Waals surface area (Å²) in [6, 6.07) is 11.3. The molecule has 28 heavy (non-hydrogen) atoms. The molecule has 0 atom stereocenters. The Hall–Kier alpha value is -2.89. The second kappa shape index (κ2) is 8.00. The average molecular weight is 406 g/mol. The predicted molar refractivity (Wildman–Crippen MR) is 100 cm³/mol. The molecule has 3 rings (SSSR count). The highest BCUT2D eigenvalue weighted by Crippen LogP contribution is 2.22. The van der Waals surface area contributed by atoms with Gasteiger partial charge in [-0.05, 0) is 11.6 Å². The molecule has 0 aliphatic carbocycles. The first-order chi connectivity index (χ1) is 13.3. The van der Waals surface area contributed by atoms with Crippen LogP contribution in [0.2, 0.25) is 0 Å². The van der Waals surface area contributed by atoms with Crippen LogP contribution < -0.4 is 0 Å². The Labute approximate surface area is 161 Å². The van der Waals surface area contributed by atoms with Gasteiger partial charge in [-0.2, -0.15) is 4.31 Å². The molecule has 1 saturated heterocycles. The average Bonchev–Trinajstić information content (AvgIpc) is 2.69. The van der Waals surface area contributed by atoms with Gasteiger partial charge in [0, 0.05) is 57.0 Å². The molecule has 0 N–H and O–H groups in total. The molecule has 0 aromatic heterocycles. The molecule has 1 fully saturated rings. The third kappa shape index (κ3) is 4.32. The fraction of sp³-hybridized carbons (Fsp3) is 0.294. The number of nitro groups is 2. The van der Waals surface area contributed by atoms with E-state index in [-0.39, 0.29) is 29.4 Å². The molecule has 0 amide bonds. The maximum Gasteiger partial charge on any atom is 0.270 e. The van der Waals surface area contributed by atoms with E-state index < -0.39 is 19.9 Å². The van der Waals surface area contributed by atoms with E-state index in [4.69, 9.17) is 0 Å². The highest BCUT2D eigenvalue weighted by atomic mass is 32.2. The van der Waals surface area contributed by atoms with Crippen LogP contribution in [0, 0.1) is 20.2 Å². The van der Waals surface area contributed by atoms with Crippen LogP contribution in [-0.4, -0.2) is 53.6 Å². The summed E-state index contributed by atoms with van der Waals surface area (Å²) in [6.07, 6.45) is 0. The SMILES string of the molecule is O=[N+]([O-])c1ccc(CN2CCN(S(=O)(=O)c3cccc([N+](=O)[O-])c3)CC2)cc1. The highest BCUT2D eigenvalue weighted by molar-refractivity contribution is 7.89. The molecule has 1 aliphatic heterocycles. The molecule has 0 unspecified atom stereocenters. The van der Waals surface area contributed by atoms with E-state index in [0.29, 0.717) is 19.6 Å². The van der Waals surface area contributed by atoms with Gasteiger partial charge < -0.3 is 0 Å². The van der Waals surface area contributed by atoms with Crippen molar-refractivity contribution < 1.29 is 18.3 Å². The maximum absolute atomic E-state index is 12.7. The van der Waals surface area contributed by atoms with Gasteiger partial charge in [0.1, 0.15) is 0 Å². The first-order valence-corrected chi connectivity index (χ1v) is 9.92. The second-order valence-corrected chi connectivity index (χ2v) is 8.30. The lowest BCUT2D eigenvalue weighted by atomic mass is 10.2. The van der Waals surface area contributed by atoms with E-state index >= 15 is 0 Å². The Morgan fingerprint density at radius 2 is 1.46 bits per heavy atom. The van der Waals surface area contributed by atoms with Crippen LogP contribution in [0.25, 0.3) is 0 Å². The summed E-state index contributed by atoms with van der Waals surface area (Å²) in [6.45, 7) is 2.06. The number of hydrogen-bond donors (Lipinski definition) is 0. The summed E-state index contributed by atoms with van der Waals surface area (Å²) in [5, 5.41) is 21.6. The topological polar surface area (TPSA) is 127 Å². The Balaban J connectivity index is 1.63. The van der Waals surface area contributed by atoms with Gasteiger partial charge in [-0.3, -0.25) is 25.1 Å². The number of hydrogen-bond acceptors (Lipinski definition) is 7. The van der Waals surface area contributed by atoms with Crippen LogP contribution in [0.15, 0.2) is 53.4 Å². The van der Waals surface area contributed by atoms with Gasteiger partial charge in [-0.25, -0.2) is 8.42 Å². The van der Waals surface area contributed by atoms with Crippen LogP contribution in [0.4, 0.5) is 11.4 Å². The summed E-state index contributed by atoms with van der Waals surface area (Å²) in [5.41, 5.74) is 0.662. The molecule has 2 aromatic rings. The second-order valence-electron chi connectivity index (χ2n) is 6.36. The van der Waals surface area contributed by atoms with E-state index in [9.17, 15) is 28.6 Å². The van der Waals surface area contributed by atoms with Crippen molar-refractivity contribution in [2.75, 3.05) is 26.2 Å². The molecule has 1 heterocycles. The summed E-state index contributed by atoms with van der Waals surface area (Å²) >= 11 is 0. The van der Waals surface area contributed by atoms with Crippen molar-refractivity contribution in [2.24, 2.45) is 0 Å². The number of nitro benzene ring substituents is 2. The summed E-state index contributed by atoms with van der Waals surface area (Å²) < 4.78 is 26.8. The molecule has 0 bridgehead atoms. The fourth-order valence-electron chi connectivity index (χ4n) is 3.02. The van der Waals surface area contributed by atoms with E-state index in [1.807, 2.05) is 0 Å². The van der Waals surface area contributed by atoms with Gasteiger partial charge >= 0.3 is 0 Å². The molecular formula is C17H18N4O6S. The van der Waals surface area contributed by atoms with Crippen LogP contribution in [0.5, 0.6) is 0 Å². The molecule has 11 heteroatoms. The van der Waals surface area contributed by atoms with Crippen molar-refractivity contribution in [3.8, 4) is 0 Å². The van der Waals surface area contributed by atoms with Gasteiger partial charge in [-0.15, -0.1) is 0 Å². The van der Waals surface area contributed by atoms with Crippen molar-refractivity contribution in [3.63, 3.8) is 0 Å². The van der Waals surface area contributed by atoms with Gasteiger partial charge in [-0.1, -0.05) is 18.2 Å². The van der Waals surface area contributed by atoms with Gasteiger partial charge in [0.25, 0.3) is 11.4 Å². The number of benzene rings is 2. The van der Waals surface area contributed by atoms with Crippen LogP contribution >= 0.6 is 0 Å². The third-order valence-corrected chi connectivity index (χ3v) is 6.45. The van der Waals surface area contributed by atoms with Gasteiger partial charge in [0.15, 0.2) is 0 Å². The lowest BCUT2D eigenvalue weighted by Crippen LogP contribution is -2.48. The normalized spacial score (nSPS) is 16.0. The Bertz CT molecular complexity index is 985. The summed E-state index contributed by atoms with van der Waals surface area (Å²) in [5.74, 6) is 0. The standard InChI is InChI=1S/C17H18N4O6S/c22-20(23)15-6-4-14(5-7-15)13-18-8-10-19(11-9-18)28(26,27)17-3-1-2-16(12-17)21(24)25/h1-7,12H,8-11,13H2. The molecule has 148 valence electrons. The number of rotatable bonds is 6. The van der Waals surface area contributed by atoms with E-state index in [1.54, 1.807) is 12.1 Å². The van der Waals surface area contributed by atoms with Crippen molar-refractivity contribution in [3.05, 3.63) is 74.3 Å². The zero-order chi connectivity index (χ0) is 20.3. The lowest BCUT2D eigenvalue weighted by molar-refractivity contribution is -0.385. The third-order valence-electron chi connectivity index (χ3n) is 4.55. The number of nitrogens with zero attached hydrogens (tertiary/aromatic N) is 4. The minimum atomic E-state index is -3.80. The first-order valence-electron chi connectivity index (χ1n) is 8.47. The monoisotopic (exact) mass is 406 g/mol. The molecule has 0 spiro atoms. The minimum Gasteiger partial charge on any atom is -0.296 e. The van der Waals surface area contributed by atoms with Crippen molar-refractivity contribution >= 4 is 21.4 Å². The number of piperazine rings is 1. The summed E-state index contributed by atoms with van der Waals surface area (Å²) in [7, 11) is -3.80. The smallest absolute Gasteiger partial charge is 0.270 e. The highest BCUT2D eigenvalue weighted by Gasteiger charge is 2.29. The minimum absolute atomic E-state index is 0.0246. The van der Waals surface area contributed by atoms with E-state index in [2.05, 4.69) is 4.90 Å². The Morgan fingerprint density at radius 3 is 2.04 bits per heavy atom. The van der Waals surface area contributed by atoms with Crippen LogP contribution in [-0.2, 0) is 16.6 Å². The maximum atomic E-state index is 12.7. The largest absolute Gasteiger partial charge is 0.296 e. The first kappa shape index (κ1) is 19.9. The van der Waals surface area contributed by atoms with Gasteiger partial charge in [0.2, 0.25) is 10.0 Å². The lowest BCUT2D eigenvalue weighted by Gasteiger charge is -2.33. The van der Waals surface area contributed by atoms with Crippen molar-refractivity contribution in [2.45, 2.75) is 11.4 Å². The van der Waals surface area contributed by atoms with Gasteiger partial charge in [0.05, 0.1) is 14.7 Å². The van der Waals surface area contributed by atoms with E-state index in [0.717, 1.165) is 11.6 Å². The molecule has 0 radical (unpaired) electrons. The van der Waals surface area contributed by atoms with Crippen LogP contribution in [0.3, 0.4) is 0 Å². The van der Waals surface area contributed by atoms with Crippen molar-refractivity contribution in [1.82, 2.24) is 9.21 Å². The number of sulfonamides is 1. The van der Waals surface area contributed by atoms with Crippen LogP contribution in [0.1, 0.15) is 5.56 Å². The Morgan fingerprint density at radius 1 is 0.857 bits per heavy atom. The Kier molecular flexibility index (Phi) is 5.68. The van der Waals surface area contributed by atoms with Crippen molar-refractivity contribution in [1.29, 1.82) is 0 Å². The molecule has 10 nitrogen and oxygen atoms in total. The van der Waals surface area contributed by atoms with E-state index in [1.165, 1.54) is 34.6 Å². The summed E-state index contributed by atoms with van der Waals surface area (Å²) in [4.78, 5) is 22.5. The zero-order valence-corrected chi connectivity index (χ0v) is 15.6.